The molecule has 0 fully saturated rings. The molecule has 0 saturated heterocycles. The standard InChI is InChI=1S/C18H25ClFNO2Si/c1-18(2,3)24(4,5)23-15(11-20)12-22-14-7-8-16-13(10-14)6-9-17(19)21-16/h6-10,15H,11-12H2,1-5H3. The summed E-state index contributed by atoms with van der Waals surface area (Å²) in [5.74, 6) is 0.670. The second-order valence-corrected chi connectivity index (χ2v) is 12.6. The largest absolute Gasteiger partial charge is 0.491 e. The van der Waals surface area contributed by atoms with E-state index in [2.05, 4.69) is 38.8 Å². The van der Waals surface area contributed by atoms with Gasteiger partial charge in [0.25, 0.3) is 0 Å². The third-order valence-electron chi connectivity index (χ3n) is 4.50. The van der Waals surface area contributed by atoms with Gasteiger partial charge in [0.15, 0.2) is 8.32 Å². The maximum absolute atomic E-state index is 13.4. The van der Waals surface area contributed by atoms with Crippen molar-refractivity contribution in [3.63, 3.8) is 0 Å². The normalized spacial score (nSPS) is 14.0. The summed E-state index contributed by atoms with van der Waals surface area (Å²) in [5, 5.41) is 1.42. The van der Waals surface area contributed by atoms with Crippen molar-refractivity contribution in [2.45, 2.75) is 45.0 Å². The highest BCUT2D eigenvalue weighted by molar-refractivity contribution is 6.74. The SMILES string of the molecule is CC(C)(C)[Si](C)(C)OC(CF)COc1ccc2nc(Cl)ccc2c1. The molecule has 6 heteroatoms. The molecule has 0 amide bonds. The molecule has 1 unspecified atom stereocenters. The van der Waals surface area contributed by atoms with Crippen LogP contribution in [0.5, 0.6) is 5.75 Å². The van der Waals surface area contributed by atoms with Crippen LogP contribution >= 0.6 is 11.6 Å². The van der Waals surface area contributed by atoms with Gasteiger partial charge in [-0.15, -0.1) is 0 Å². The van der Waals surface area contributed by atoms with Crippen molar-refractivity contribution in [2.75, 3.05) is 13.3 Å². The lowest BCUT2D eigenvalue weighted by Gasteiger charge is -2.38. The molecule has 0 aliphatic rings. The Labute approximate surface area is 149 Å². The molecule has 1 aromatic heterocycles. The topological polar surface area (TPSA) is 31.4 Å². The van der Waals surface area contributed by atoms with Crippen molar-refractivity contribution in [3.05, 3.63) is 35.5 Å². The van der Waals surface area contributed by atoms with E-state index in [1.807, 2.05) is 24.3 Å². The van der Waals surface area contributed by atoms with Gasteiger partial charge in [0, 0.05) is 5.39 Å². The Morgan fingerprint density at radius 2 is 1.92 bits per heavy atom. The second-order valence-electron chi connectivity index (χ2n) is 7.45. The van der Waals surface area contributed by atoms with Crippen LogP contribution in [0.2, 0.25) is 23.3 Å². The molecule has 2 aromatic rings. The van der Waals surface area contributed by atoms with Gasteiger partial charge in [0.05, 0.1) is 5.52 Å². The summed E-state index contributed by atoms with van der Waals surface area (Å²) in [6, 6.07) is 9.15. The Kier molecular flexibility index (Phi) is 5.89. The van der Waals surface area contributed by atoms with Crippen LogP contribution in [0.4, 0.5) is 4.39 Å². The molecule has 0 aliphatic carbocycles. The fraction of sp³-hybridized carbons (Fsp3) is 0.500. The number of fused-ring (bicyclic) bond motifs is 1. The summed E-state index contributed by atoms with van der Waals surface area (Å²) in [6.07, 6.45) is -0.551. The molecule has 1 atom stereocenters. The highest BCUT2D eigenvalue weighted by atomic mass is 35.5. The third kappa shape index (κ3) is 4.68. The van der Waals surface area contributed by atoms with E-state index < -0.39 is 21.1 Å². The first-order valence-corrected chi connectivity index (χ1v) is 11.3. The monoisotopic (exact) mass is 369 g/mol. The van der Waals surface area contributed by atoms with Gasteiger partial charge in [-0.25, -0.2) is 9.37 Å². The molecule has 0 spiro atoms. The molecule has 0 saturated carbocycles. The van der Waals surface area contributed by atoms with Crippen LogP contribution in [-0.4, -0.2) is 32.7 Å². The molecule has 0 N–H and O–H groups in total. The molecule has 0 radical (unpaired) electrons. The van der Waals surface area contributed by atoms with Gasteiger partial charge in [-0.1, -0.05) is 32.4 Å². The number of alkyl halides is 1. The lowest BCUT2D eigenvalue weighted by atomic mass is 10.2. The first-order chi connectivity index (χ1) is 11.1. The van der Waals surface area contributed by atoms with Gasteiger partial charge in [-0.05, 0) is 48.5 Å². The third-order valence-corrected chi connectivity index (χ3v) is 9.25. The number of hydrogen-bond acceptors (Lipinski definition) is 3. The van der Waals surface area contributed by atoms with Crippen molar-refractivity contribution in [1.82, 2.24) is 4.98 Å². The highest BCUT2D eigenvalue weighted by Crippen LogP contribution is 2.37. The minimum atomic E-state index is -2.02. The van der Waals surface area contributed by atoms with Crippen LogP contribution in [0.15, 0.2) is 30.3 Å². The summed E-state index contributed by atoms with van der Waals surface area (Å²) in [5.41, 5.74) is 0.800. The first-order valence-electron chi connectivity index (χ1n) is 8.05. The smallest absolute Gasteiger partial charge is 0.192 e. The van der Waals surface area contributed by atoms with E-state index in [4.69, 9.17) is 20.8 Å². The number of nitrogens with zero attached hydrogens (tertiary/aromatic N) is 1. The van der Waals surface area contributed by atoms with E-state index in [-0.39, 0.29) is 11.6 Å². The number of hydrogen-bond donors (Lipinski definition) is 0. The quantitative estimate of drug-likeness (QED) is 0.488. The van der Waals surface area contributed by atoms with Crippen molar-refractivity contribution in [1.29, 1.82) is 0 Å². The minimum absolute atomic E-state index is 0.0360. The average molecular weight is 370 g/mol. The predicted molar refractivity (Wildman–Crippen MR) is 100 cm³/mol. The second kappa shape index (κ2) is 7.38. The predicted octanol–water partition coefficient (Wildman–Crippen LogP) is 5.63. The lowest BCUT2D eigenvalue weighted by Crippen LogP contribution is -2.46. The average Bonchev–Trinajstić information content (AvgIpc) is 2.50. The van der Waals surface area contributed by atoms with Gasteiger partial charge in [-0.3, -0.25) is 0 Å². The van der Waals surface area contributed by atoms with Crippen LogP contribution < -0.4 is 4.74 Å². The van der Waals surface area contributed by atoms with Crippen LogP contribution in [0.25, 0.3) is 10.9 Å². The van der Waals surface area contributed by atoms with Crippen LogP contribution in [0.3, 0.4) is 0 Å². The van der Waals surface area contributed by atoms with Crippen molar-refractivity contribution in [2.24, 2.45) is 0 Å². The van der Waals surface area contributed by atoms with Crippen molar-refractivity contribution < 1.29 is 13.6 Å². The Balaban J connectivity index is 2.04. The van der Waals surface area contributed by atoms with E-state index in [1.165, 1.54) is 0 Å². The molecule has 24 heavy (non-hydrogen) atoms. The molecule has 3 nitrogen and oxygen atoms in total. The van der Waals surface area contributed by atoms with Gasteiger partial charge in [-0.2, -0.15) is 0 Å². The van der Waals surface area contributed by atoms with Gasteiger partial charge in [0.1, 0.15) is 30.3 Å². The summed E-state index contributed by atoms with van der Waals surface area (Å²) < 4.78 is 25.2. The molecule has 0 bridgehead atoms. The zero-order valence-electron chi connectivity index (χ0n) is 14.9. The van der Waals surface area contributed by atoms with Crippen LogP contribution in [-0.2, 0) is 4.43 Å². The van der Waals surface area contributed by atoms with Gasteiger partial charge < -0.3 is 9.16 Å². The molecule has 1 heterocycles. The highest BCUT2D eigenvalue weighted by Gasteiger charge is 2.39. The summed E-state index contributed by atoms with van der Waals surface area (Å²) in [6.45, 7) is 10.3. The Morgan fingerprint density at radius 1 is 1.21 bits per heavy atom. The van der Waals surface area contributed by atoms with E-state index in [1.54, 1.807) is 6.07 Å². The number of halogens is 2. The first kappa shape index (κ1) is 19.2. The number of ether oxygens (including phenoxy) is 1. The Morgan fingerprint density at radius 3 is 2.54 bits per heavy atom. The summed E-state index contributed by atoms with van der Waals surface area (Å²) in [7, 11) is -2.02. The summed E-state index contributed by atoms with van der Waals surface area (Å²) in [4.78, 5) is 4.23. The molecule has 0 aliphatic heterocycles. The Bertz CT molecular complexity index is 703. The zero-order chi connectivity index (χ0) is 18.0. The van der Waals surface area contributed by atoms with Crippen molar-refractivity contribution >= 4 is 30.8 Å². The number of aromatic nitrogens is 1. The van der Waals surface area contributed by atoms with E-state index in [0.29, 0.717) is 10.9 Å². The molecular weight excluding hydrogens is 345 g/mol. The van der Waals surface area contributed by atoms with E-state index in [0.717, 1.165) is 10.9 Å². The van der Waals surface area contributed by atoms with Crippen LogP contribution in [0, 0.1) is 0 Å². The van der Waals surface area contributed by atoms with Crippen molar-refractivity contribution in [3.8, 4) is 5.75 Å². The molecular formula is C18H25ClFNO2Si. The van der Waals surface area contributed by atoms with Gasteiger partial charge >= 0.3 is 0 Å². The summed E-state index contributed by atoms with van der Waals surface area (Å²) >= 11 is 5.88. The zero-order valence-corrected chi connectivity index (χ0v) is 16.7. The maximum atomic E-state index is 13.4. The Hall–Kier alpha value is -1.17. The van der Waals surface area contributed by atoms with Gasteiger partial charge in [0.2, 0.25) is 0 Å². The molecule has 2 rings (SSSR count). The van der Waals surface area contributed by atoms with E-state index in [9.17, 15) is 4.39 Å². The number of benzene rings is 1. The van der Waals surface area contributed by atoms with E-state index >= 15 is 0 Å². The fourth-order valence-electron chi connectivity index (χ4n) is 2.06. The lowest BCUT2D eigenvalue weighted by molar-refractivity contribution is 0.0920. The fourth-order valence-corrected chi connectivity index (χ4v) is 3.53. The number of rotatable bonds is 6. The molecule has 132 valence electrons. The maximum Gasteiger partial charge on any atom is 0.192 e. The minimum Gasteiger partial charge on any atom is -0.491 e. The molecule has 1 aromatic carbocycles. The number of pyridine rings is 1. The van der Waals surface area contributed by atoms with Crippen LogP contribution in [0.1, 0.15) is 20.8 Å².